The average Bonchev–Trinajstić information content (AvgIpc) is 2.62. The highest BCUT2D eigenvalue weighted by Crippen LogP contribution is 2.30. The Kier molecular flexibility index (Phi) is 3.55. The van der Waals surface area contributed by atoms with Crippen molar-refractivity contribution in [2.75, 3.05) is 0 Å². The number of benzene rings is 1. The van der Waals surface area contributed by atoms with Gasteiger partial charge in [0.2, 0.25) is 0 Å². The SMILES string of the molecule is CC(C)(C)S(=O)/N=C1\CCc2c(Br)cccc21. The number of nitrogens with zero attached hydrogens (tertiary/aromatic N) is 1. The highest BCUT2D eigenvalue weighted by molar-refractivity contribution is 9.10. The van der Waals surface area contributed by atoms with E-state index in [0.29, 0.717) is 0 Å². The minimum Gasteiger partial charge on any atom is -0.234 e. The van der Waals surface area contributed by atoms with Crippen LogP contribution in [0.4, 0.5) is 0 Å². The molecule has 0 spiro atoms. The Labute approximate surface area is 113 Å². The molecule has 92 valence electrons. The summed E-state index contributed by atoms with van der Waals surface area (Å²) in [5.41, 5.74) is 3.42. The lowest BCUT2D eigenvalue weighted by Crippen LogP contribution is -2.20. The fourth-order valence-electron chi connectivity index (χ4n) is 1.79. The Hall–Kier alpha value is -0.480. The first-order valence-electron chi connectivity index (χ1n) is 5.67. The van der Waals surface area contributed by atoms with E-state index in [1.165, 1.54) is 5.56 Å². The molecular weight excluding hydrogens is 298 g/mol. The van der Waals surface area contributed by atoms with Crippen LogP contribution in [0.2, 0.25) is 0 Å². The van der Waals surface area contributed by atoms with Gasteiger partial charge in [-0.2, -0.15) is 4.40 Å². The lowest BCUT2D eigenvalue weighted by Gasteiger charge is -2.14. The molecule has 0 amide bonds. The van der Waals surface area contributed by atoms with E-state index >= 15 is 0 Å². The van der Waals surface area contributed by atoms with Crippen LogP contribution < -0.4 is 0 Å². The van der Waals surface area contributed by atoms with Crippen LogP contribution in [-0.2, 0) is 17.4 Å². The van der Waals surface area contributed by atoms with Crippen molar-refractivity contribution in [3.63, 3.8) is 0 Å². The highest BCUT2D eigenvalue weighted by Gasteiger charge is 2.24. The van der Waals surface area contributed by atoms with Crippen LogP contribution in [0, 0.1) is 0 Å². The van der Waals surface area contributed by atoms with Crippen LogP contribution in [0.1, 0.15) is 38.3 Å². The fourth-order valence-corrected chi connectivity index (χ4v) is 3.02. The lowest BCUT2D eigenvalue weighted by atomic mass is 10.1. The van der Waals surface area contributed by atoms with E-state index in [9.17, 15) is 4.21 Å². The molecule has 0 fully saturated rings. The molecule has 0 heterocycles. The molecule has 0 bridgehead atoms. The van der Waals surface area contributed by atoms with Crippen LogP contribution in [0.3, 0.4) is 0 Å². The van der Waals surface area contributed by atoms with Gasteiger partial charge in [0.05, 0.1) is 10.5 Å². The molecule has 1 aliphatic rings. The summed E-state index contributed by atoms with van der Waals surface area (Å²) in [5.74, 6) is 0. The molecule has 1 aliphatic carbocycles. The Morgan fingerprint density at radius 1 is 1.29 bits per heavy atom. The third kappa shape index (κ3) is 2.68. The van der Waals surface area contributed by atoms with Gasteiger partial charge < -0.3 is 0 Å². The van der Waals surface area contributed by atoms with E-state index in [1.54, 1.807) is 0 Å². The summed E-state index contributed by atoms with van der Waals surface area (Å²) >= 11 is 3.55. The molecule has 0 radical (unpaired) electrons. The zero-order valence-electron chi connectivity index (χ0n) is 10.3. The van der Waals surface area contributed by atoms with E-state index in [1.807, 2.05) is 32.9 Å². The largest absolute Gasteiger partial charge is 0.234 e. The summed E-state index contributed by atoms with van der Waals surface area (Å²) in [5, 5.41) is 0. The summed E-state index contributed by atoms with van der Waals surface area (Å²) in [6, 6.07) is 6.11. The molecule has 1 aromatic rings. The molecule has 2 rings (SSSR count). The first kappa shape index (κ1) is 13.0. The van der Waals surface area contributed by atoms with Crippen LogP contribution in [-0.4, -0.2) is 14.7 Å². The lowest BCUT2D eigenvalue weighted by molar-refractivity contribution is 0.650. The van der Waals surface area contributed by atoms with Crippen molar-refractivity contribution >= 4 is 32.6 Å². The Morgan fingerprint density at radius 3 is 2.65 bits per heavy atom. The quantitative estimate of drug-likeness (QED) is 0.778. The van der Waals surface area contributed by atoms with E-state index < -0.39 is 11.0 Å². The Balaban J connectivity index is 2.38. The molecule has 1 aromatic carbocycles. The van der Waals surface area contributed by atoms with Crippen LogP contribution in [0.25, 0.3) is 0 Å². The molecule has 0 saturated carbocycles. The Bertz CT molecular complexity index is 503. The fraction of sp³-hybridized carbons (Fsp3) is 0.462. The van der Waals surface area contributed by atoms with Gasteiger partial charge in [-0.15, -0.1) is 0 Å². The first-order chi connectivity index (χ1) is 7.89. The predicted octanol–water partition coefficient (Wildman–Crippen LogP) is 3.65. The van der Waals surface area contributed by atoms with Gasteiger partial charge in [-0.3, -0.25) is 0 Å². The number of hydrogen-bond acceptors (Lipinski definition) is 1. The Morgan fingerprint density at radius 2 is 2.00 bits per heavy atom. The maximum Gasteiger partial charge on any atom is 0.145 e. The molecule has 1 atom stereocenters. The highest BCUT2D eigenvalue weighted by atomic mass is 79.9. The topological polar surface area (TPSA) is 29.4 Å². The molecule has 0 aromatic heterocycles. The van der Waals surface area contributed by atoms with Crippen molar-refractivity contribution < 1.29 is 4.21 Å². The van der Waals surface area contributed by atoms with E-state index in [0.717, 1.165) is 28.6 Å². The molecular formula is C13H16BrNOS. The zero-order chi connectivity index (χ0) is 12.6. The normalized spacial score (nSPS) is 19.4. The third-order valence-electron chi connectivity index (χ3n) is 2.76. The number of rotatable bonds is 1. The average molecular weight is 314 g/mol. The predicted molar refractivity (Wildman–Crippen MR) is 76.9 cm³/mol. The van der Waals surface area contributed by atoms with E-state index in [-0.39, 0.29) is 4.75 Å². The minimum absolute atomic E-state index is 0.290. The van der Waals surface area contributed by atoms with Crippen molar-refractivity contribution in [3.8, 4) is 0 Å². The molecule has 17 heavy (non-hydrogen) atoms. The first-order valence-corrected chi connectivity index (χ1v) is 7.57. The summed E-state index contributed by atoms with van der Waals surface area (Å²) in [7, 11) is -1.17. The van der Waals surface area contributed by atoms with Gasteiger partial charge in [-0.05, 0) is 45.2 Å². The molecule has 0 aliphatic heterocycles. The van der Waals surface area contributed by atoms with Crippen molar-refractivity contribution in [2.45, 2.75) is 38.4 Å². The summed E-state index contributed by atoms with van der Waals surface area (Å²) in [6.45, 7) is 5.85. The number of halogens is 1. The molecule has 4 heteroatoms. The summed E-state index contributed by atoms with van der Waals surface area (Å²) in [6.07, 6.45) is 1.87. The molecule has 0 saturated heterocycles. The van der Waals surface area contributed by atoms with Gasteiger partial charge in [0.25, 0.3) is 0 Å². The van der Waals surface area contributed by atoms with Gasteiger partial charge in [0.1, 0.15) is 11.0 Å². The van der Waals surface area contributed by atoms with Crippen molar-refractivity contribution in [1.29, 1.82) is 0 Å². The van der Waals surface area contributed by atoms with E-state index in [2.05, 4.69) is 26.4 Å². The number of hydrogen-bond donors (Lipinski definition) is 0. The third-order valence-corrected chi connectivity index (χ3v) is 4.94. The van der Waals surface area contributed by atoms with Crippen molar-refractivity contribution in [3.05, 3.63) is 33.8 Å². The van der Waals surface area contributed by atoms with Crippen LogP contribution in [0.5, 0.6) is 0 Å². The van der Waals surface area contributed by atoms with Gasteiger partial charge >= 0.3 is 0 Å². The second kappa shape index (κ2) is 4.65. The minimum atomic E-state index is -1.17. The van der Waals surface area contributed by atoms with Crippen molar-refractivity contribution in [2.24, 2.45) is 4.40 Å². The summed E-state index contributed by atoms with van der Waals surface area (Å²) in [4.78, 5) is 0. The van der Waals surface area contributed by atoms with Gasteiger partial charge in [-0.1, -0.05) is 28.1 Å². The van der Waals surface area contributed by atoms with Gasteiger partial charge in [0, 0.05) is 10.0 Å². The second-order valence-electron chi connectivity index (χ2n) is 5.17. The zero-order valence-corrected chi connectivity index (χ0v) is 12.7. The molecule has 2 nitrogen and oxygen atoms in total. The van der Waals surface area contributed by atoms with E-state index in [4.69, 9.17) is 0 Å². The van der Waals surface area contributed by atoms with Crippen molar-refractivity contribution in [1.82, 2.24) is 0 Å². The van der Waals surface area contributed by atoms with Gasteiger partial charge in [0.15, 0.2) is 0 Å². The second-order valence-corrected chi connectivity index (χ2v) is 7.93. The number of fused-ring (bicyclic) bond motifs is 1. The molecule has 1 unspecified atom stereocenters. The smallest absolute Gasteiger partial charge is 0.145 e. The molecule has 0 N–H and O–H groups in total. The summed E-state index contributed by atoms with van der Waals surface area (Å²) < 4.78 is 17.3. The van der Waals surface area contributed by atoms with Gasteiger partial charge in [-0.25, -0.2) is 4.21 Å². The standard InChI is InChI=1S/C13H16BrNOS/c1-13(2,3)17(16)15-12-8-7-9-10(12)5-4-6-11(9)14/h4-6H,7-8H2,1-3H3/b15-12+. The maximum atomic E-state index is 12.0. The monoisotopic (exact) mass is 313 g/mol. The van der Waals surface area contributed by atoms with Crippen LogP contribution in [0.15, 0.2) is 27.1 Å². The van der Waals surface area contributed by atoms with Crippen LogP contribution >= 0.6 is 15.9 Å². The maximum absolute atomic E-state index is 12.0.